The second kappa shape index (κ2) is 6.90. The third-order valence-corrected chi connectivity index (χ3v) is 4.61. The van der Waals surface area contributed by atoms with Crippen molar-refractivity contribution < 1.29 is 23.1 Å². The second-order valence-corrected chi connectivity index (χ2v) is 6.57. The van der Waals surface area contributed by atoms with Crippen LogP contribution < -0.4 is 10.6 Å². The normalized spacial score (nSPS) is 15.3. The molecule has 0 atom stereocenters. The van der Waals surface area contributed by atoms with Crippen molar-refractivity contribution in [1.29, 1.82) is 0 Å². The Morgan fingerprint density at radius 2 is 1.81 bits per heavy atom. The molecule has 138 valence electrons. The number of carbonyl (C=O) groups excluding carboxylic acids is 1. The molecule has 0 bridgehead atoms. The number of phenolic OH excluding ortho intramolecular Hbond substituents is 1. The van der Waals surface area contributed by atoms with Gasteiger partial charge in [-0.2, -0.15) is 13.2 Å². The molecular formula is C19H19F3N2O2. The minimum absolute atomic E-state index is 0.117. The van der Waals surface area contributed by atoms with Gasteiger partial charge in [-0.05, 0) is 42.2 Å². The molecule has 0 heterocycles. The van der Waals surface area contributed by atoms with E-state index < -0.39 is 23.2 Å². The van der Waals surface area contributed by atoms with Crippen LogP contribution in [0.15, 0.2) is 48.5 Å². The minimum Gasteiger partial charge on any atom is -0.508 e. The molecule has 2 amide bonds. The number of carbonyl (C=O) groups is 1. The maximum Gasteiger partial charge on any atom is 0.416 e. The van der Waals surface area contributed by atoms with Crippen molar-refractivity contribution in [2.24, 2.45) is 0 Å². The molecule has 1 aliphatic carbocycles. The SMILES string of the molecule is O=C(NCc1cccc(O)c1)NCC1(c2cccc(C(F)(F)F)c2)CC1. The smallest absolute Gasteiger partial charge is 0.416 e. The van der Waals surface area contributed by atoms with Crippen molar-refractivity contribution in [3.63, 3.8) is 0 Å². The van der Waals surface area contributed by atoms with Crippen molar-refractivity contribution in [2.75, 3.05) is 6.54 Å². The van der Waals surface area contributed by atoms with Crippen molar-refractivity contribution in [2.45, 2.75) is 31.0 Å². The van der Waals surface area contributed by atoms with E-state index in [0.717, 1.165) is 24.5 Å². The highest BCUT2D eigenvalue weighted by Gasteiger charge is 2.45. The number of phenols is 1. The molecule has 2 aromatic rings. The maximum absolute atomic E-state index is 12.9. The molecule has 4 nitrogen and oxygen atoms in total. The van der Waals surface area contributed by atoms with Crippen LogP contribution in [0, 0.1) is 0 Å². The Morgan fingerprint density at radius 3 is 2.46 bits per heavy atom. The monoisotopic (exact) mass is 364 g/mol. The molecule has 0 unspecified atom stereocenters. The zero-order chi connectivity index (χ0) is 18.8. The summed E-state index contributed by atoms with van der Waals surface area (Å²) in [5.41, 5.74) is 0.248. The minimum atomic E-state index is -4.38. The van der Waals surface area contributed by atoms with Gasteiger partial charge in [0.25, 0.3) is 0 Å². The van der Waals surface area contributed by atoms with E-state index in [1.165, 1.54) is 18.2 Å². The predicted molar refractivity (Wildman–Crippen MR) is 90.7 cm³/mol. The number of hydrogen-bond donors (Lipinski definition) is 3. The largest absolute Gasteiger partial charge is 0.508 e. The lowest BCUT2D eigenvalue weighted by atomic mass is 9.94. The highest BCUT2D eigenvalue weighted by atomic mass is 19.4. The number of nitrogens with one attached hydrogen (secondary N) is 2. The Balaban J connectivity index is 1.56. The van der Waals surface area contributed by atoms with Gasteiger partial charge < -0.3 is 15.7 Å². The first-order valence-corrected chi connectivity index (χ1v) is 8.26. The van der Waals surface area contributed by atoms with E-state index in [4.69, 9.17) is 0 Å². The van der Waals surface area contributed by atoms with Crippen LogP contribution in [-0.4, -0.2) is 17.7 Å². The van der Waals surface area contributed by atoms with E-state index in [9.17, 15) is 23.1 Å². The molecule has 2 aromatic carbocycles. The number of hydrogen-bond acceptors (Lipinski definition) is 2. The standard InChI is InChI=1S/C19H19F3N2O2/c20-19(21,22)15-5-2-4-14(10-15)18(7-8-18)12-24-17(26)23-11-13-3-1-6-16(25)9-13/h1-6,9-10,25H,7-8,11-12H2,(H2,23,24,26). The van der Waals surface area contributed by atoms with Gasteiger partial charge in [0, 0.05) is 18.5 Å². The fourth-order valence-electron chi connectivity index (χ4n) is 2.90. The van der Waals surface area contributed by atoms with Crippen molar-refractivity contribution >= 4 is 6.03 Å². The molecular weight excluding hydrogens is 345 g/mol. The Kier molecular flexibility index (Phi) is 4.80. The van der Waals surface area contributed by atoms with Gasteiger partial charge in [0.15, 0.2) is 0 Å². The Bertz CT molecular complexity index is 801. The molecule has 1 fully saturated rings. The molecule has 7 heteroatoms. The lowest BCUT2D eigenvalue weighted by Gasteiger charge is -2.18. The average molecular weight is 364 g/mol. The first-order chi connectivity index (χ1) is 12.3. The first-order valence-electron chi connectivity index (χ1n) is 8.26. The summed E-state index contributed by atoms with van der Waals surface area (Å²) in [7, 11) is 0. The summed E-state index contributed by atoms with van der Waals surface area (Å²) in [6.45, 7) is 0.525. The fourth-order valence-corrected chi connectivity index (χ4v) is 2.90. The molecule has 3 rings (SSSR count). The quantitative estimate of drug-likeness (QED) is 0.753. The van der Waals surface area contributed by atoms with E-state index in [-0.39, 0.29) is 18.8 Å². The van der Waals surface area contributed by atoms with Gasteiger partial charge in [0.1, 0.15) is 5.75 Å². The number of halogens is 3. The van der Waals surface area contributed by atoms with E-state index >= 15 is 0 Å². The van der Waals surface area contributed by atoms with Crippen LogP contribution in [0.4, 0.5) is 18.0 Å². The fraction of sp³-hybridized carbons (Fsp3) is 0.316. The number of aromatic hydroxyl groups is 1. The van der Waals surface area contributed by atoms with Gasteiger partial charge in [0.2, 0.25) is 0 Å². The first kappa shape index (κ1) is 18.1. The van der Waals surface area contributed by atoms with E-state index in [1.54, 1.807) is 24.3 Å². The predicted octanol–water partition coefficient (Wildman–Crippen LogP) is 3.94. The number of benzene rings is 2. The van der Waals surface area contributed by atoms with Gasteiger partial charge in [0.05, 0.1) is 5.56 Å². The Morgan fingerprint density at radius 1 is 1.08 bits per heavy atom. The van der Waals surface area contributed by atoms with Crippen LogP contribution in [0.5, 0.6) is 5.75 Å². The van der Waals surface area contributed by atoms with Crippen LogP contribution in [-0.2, 0) is 18.1 Å². The summed E-state index contributed by atoms with van der Waals surface area (Å²) < 4.78 is 38.6. The Labute approximate surface area is 149 Å². The summed E-state index contributed by atoms with van der Waals surface area (Å²) in [6, 6.07) is 11.4. The number of amides is 2. The van der Waals surface area contributed by atoms with Crippen LogP contribution >= 0.6 is 0 Å². The third kappa shape index (κ3) is 4.28. The second-order valence-electron chi connectivity index (χ2n) is 6.57. The highest BCUT2D eigenvalue weighted by molar-refractivity contribution is 5.74. The molecule has 26 heavy (non-hydrogen) atoms. The molecule has 3 N–H and O–H groups in total. The number of rotatable bonds is 5. The molecule has 1 aliphatic rings. The zero-order valence-corrected chi connectivity index (χ0v) is 13.9. The highest BCUT2D eigenvalue weighted by Crippen LogP contribution is 2.48. The molecule has 1 saturated carbocycles. The summed E-state index contributed by atoms with van der Waals surface area (Å²) in [5, 5.41) is 14.8. The average Bonchev–Trinajstić information content (AvgIpc) is 3.39. The van der Waals surface area contributed by atoms with Crippen LogP contribution in [0.1, 0.15) is 29.5 Å². The number of urea groups is 1. The maximum atomic E-state index is 12.9. The van der Waals surface area contributed by atoms with Crippen LogP contribution in [0.3, 0.4) is 0 Å². The van der Waals surface area contributed by atoms with Gasteiger partial charge in [-0.1, -0.05) is 30.3 Å². The Hall–Kier alpha value is -2.70. The van der Waals surface area contributed by atoms with Gasteiger partial charge in [-0.3, -0.25) is 0 Å². The lowest BCUT2D eigenvalue weighted by Crippen LogP contribution is -2.39. The summed E-state index contributed by atoms with van der Waals surface area (Å²) in [5.74, 6) is 0.117. The molecule has 0 aliphatic heterocycles. The molecule has 0 spiro atoms. The molecule has 0 radical (unpaired) electrons. The molecule has 0 saturated heterocycles. The molecule has 0 aromatic heterocycles. The van der Waals surface area contributed by atoms with Crippen molar-refractivity contribution in [3.8, 4) is 5.75 Å². The van der Waals surface area contributed by atoms with Gasteiger partial charge >= 0.3 is 12.2 Å². The van der Waals surface area contributed by atoms with Crippen molar-refractivity contribution in [1.82, 2.24) is 10.6 Å². The number of alkyl halides is 3. The van der Waals surface area contributed by atoms with E-state index in [2.05, 4.69) is 10.6 Å². The lowest BCUT2D eigenvalue weighted by molar-refractivity contribution is -0.137. The van der Waals surface area contributed by atoms with Gasteiger partial charge in [-0.25, -0.2) is 4.79 Å². The van der Waals surface area contributed by atoms with Crippen LogP contribution in [0.2, 0.25) is 0 Å². The van der Waals surface area contributed by atoms with E-state index in [0.29, 0.717) is 5.56 Å². The van der Waals surface area contributed by atoms with E-state index in [1.807, 2.05) is 0 Å². The zero-order valence-electron chi connectivity index (χ0n) is 13.9. The third-order valence-electron chi connectivity index (χ3n) is 4.61. The topological polar surface area (TPSA) is 61.4 Å². The summed E-state index contributed by atoms with van der Waals surface area (Å²) in [4.78, 5) is 12.0. The van der Waals surface area contributed by atoms with Gasteiger partial charge in [-0.15, -0.1) is 0 Å². The summed E-state index contributed by atoms with van der Waals surface area (Å²) >= 11 is 0. The van der Waals surface area contributed by atoms with Crippen molar-refractivity contribution in [3.05, 3.63) is 65.2 Å². The summed E-state index contributed by atoms with van der Waals surface area (Å²) in [6.07, 6.45) is -2.90. The van der Waals surface area contributed by atoms with Crippen LogP contribution in [0.25, 0.3) is 0 Å².